The molecule has 0 saturated carbocycles. The number of benzene rings is 1. The molecule has 2 amide bonds. The topological polar surface area (TPSA) is 139 Å². The number of amides is 2. The van der Waals surface area contributed by atoms with Crippen LogP contribution in [-0.2, 0) is 4.79 Å². The summed E-state index contributed by atoms with van der Waals surface area (Å²) >= 11 is 6.05. The molecule has 0 aliphatic carbocycles. The number of hydrogen-bond donors (Lipinski definition) is 5. The molecule has 9 nitrogen and oxygen atoms in total. The van der Waals surface area contributed by atoms with Gasteiger partial charge in [-0.25, -0.2) is 4.79 Å². The Morgan fingerprint density at radius 1 is 1.21 bits per heavy atom. The van der Waals surface area contributed by atoms with Gasteiger partial charge in [-0.05, 0) is 69.2 Å². The van der Waals surface area contributed by atoms with E-state index in [2.05, 4.69) is 10.2 Å². The summed E-state index contributed by atoms with van der Waals surface area (Å²) < 4.78 is 0. The van der Waals surface area contributed by atoms with E-state index < -0.39 is 18.6 Å². The minimum absolute atomic E-state index is 0.108. The number of carbonyl (C=O) groups is 2. The standard InChI is InChI=1S/C22H34BClN4O5/c1-15-11-16(5-6-19(15)24)26-21(31)28-14-17-12-18(28)13-27(17)10-4-8-22(25,20(29)30)7-2-3-9-23(32)33/h5-6,11,17-18,32-33H,2-4,7-10,12-14,25H2,1H3,(H,26,31)(H,29,30)/t17-,18-,22?/m1/s1. The van der Waals surface area contributed by atoms with Gasteiger partial charge in [-0.2, -0.15) is 0 Å². The number of rotatable bonds is 11. The van der Waals surface area contributed by atoms with E-state index in [0.717, 1.165) is 30.8 Å². The van der Waals surface area contributed by atoms with Gasteiger partial charge in [0.2, 0.25) is 0 Å². The Morgan fingerprint density at radius 3 is 2.55 bits per heavy atom. The van der Waals surface area contributed by atoms with Crippen molar-refractivity contribution in [2.24, 2.45) is 5.73 Å². The van der Waals surface area contributed by atoms with Crippen molar-refractivity contribution < 1.29 is 24.7 Å². The van der Waals surface area contributed by atoms with Crippen LogP contribution in [0.1, 0.15) is 44.1 Å². The SMILES string of the molecule is Cc1cc(NC(=O)N2C[C@H]3C[C@@H]2CN3CCCC(N)(CCCCB(O)O)C(=O)O)ccc1Cl. The van der Waals surface area contributed by atoms with Crippen LogP contribution < -0.4 is 11.1 Å². The molecule has 2 aliphatic rings. The molecule has 182 valence electrons. The van der Waals surface area contributed by atoms with Crippen molar-refractivity contribution in [1.82, 2.24) is 9.80 Å². The minimum atomic E-state index is -1.37. The molecule has 2 saturated heterocycles. The first-order valence-corrected chi connectivity index (χ1v) is 11.9. The second kappa shape index (κ2) is 11.1. The van der Waals surface area contributed by atoms with E-state index in [0.29, 0.717) is 43.7 Å². The fourth-order valence-corrected chi connectivity index (χ4v) is 5.01. The van der Waals surface area contributed by atoms with Gasteiger partial charge >= 0.3 is 19.1 Å². The summed E-state index contributed by atoms with van der Waals surface area (Å²) in [5, 5.41) is 31.1. The molecule has 1 unspecified atom stereocenters. The summed E-state index contributed by atoms with van der Waals surface area (Å²) in [6.07, 6.45) is 3.51. The number of unbranched alkanes of at least 4 members (excludes halogenated alkanes) is 1. The smallest absolute Gasteiger partial charge is 0.451 e. The lowest BCUT2D eigenvalue weighted by molar-refractivity contribution is -0.144. The molecular weight excluding hydrogens is 447 g/mol. The summed E-state index contributed by atoms with van der Waals surface area (Å²) in [6, 6.07) is 5.74. The van der Waals surface area contributed by atoms with Crippen molar-refractivity contribution in [3.63, 3.8) is 0 Å². The highest BCUT2D eigenvalue weighted by molar-refractivity contribution is 6.40. The third kappa shape index (κ3) is 6.61. The van der Waals surface area contributed by atoms with Crippen LogP contribution in [0, 0.1) is 6.92 Å². The van der Waals surface area contributed by atoms with Crippen molar-refractivity contribution in [2.75, 3.05) is 25.0 Å². The minimum Gasteiger partial charge on any atom is -0.480 e. The molecule has 6 N–H and O–H groups in total. The quantitative estimate of drug-likeness (QED) is 0.241. The predicted octanol–water partition coefficient (Wildman–Crippen LogP) is 2.14. The Labute approximate surface area is 200 Å². The Bertz CT molecular complexity index is 860. The zero-order valence-electron chi connectivity index (χ0n) is 19.0. The molecule has 33 heavy (non-hydrogen) atoms. The Kier molecular flexibility index (Phi) is 8.63. The number of anilines is 1. The summed E-state index contributed by atoms with van der Waals surface area (Å²) in [5.41, 5.74) is 6.49. The molecule has 1 aromatic carbocycles. The highest BCUT2D eigenvalue weighted by Gasteiger charge is 2.45. The average molecular weight is 481 g/mol. The van der Waals surface area contributed by atoms with Crippen molar-refractivity contribution in [1.29, 1.82) is 0 Å². The molecule has 2 fully saturated rings. The van der Waals surface area contributed by atoms with E-state index in [1.165, 1.54) is 0 Å². The first-order valence-electron chi connectivity index (χ1n) is 11.6. The first-order chi connectivity index (χ1) is 15.6. The molecular formula is C22H34BClN4O5. The molecule has 0 radical (unpaired) electrons. The number of aliphatic carboxylic acids is 1. The molecule has 3 atom stereocenters. The highest BCUT2D eigenvalue weighted by Crippen LogP contribution is 2.32. The summed E-state index contributed by atoms with van der Waals surface area (Å²) in [5.74, 6) is -1.02. The molecule has 2 aliphatic heterocycles. The van der Waals surface area contributed by atoms with Crippen LogP contribution in [0.3, 0.4) is 0 Å². The summed E-state index contributed by atoms with van der Waals surface area (Å²) in [6.45, 7) is 4.07. The number of nitrogens with one attached hydrogen (secondary N) is 1. The van der Waals surface area contributed by atoms with E-state index >= 15 is 0 Å². The number of fused-ring (bicyclic) bond motifs is 2. The van der Waals surface area contributed by atoms with Crippen LogP contribution in [-0.4, -0.2) is 81.3 Å². The van der Waals surface area contributed by atoms with Gasteiger partial charge in [0.15, 0.2) is 0 Å². The van der Waals surface area contributed by atoms with Crippen molar-refractivity contribution in [3.05, 3.63) is 28.8 Å². The Balaban J connectivity index is 1.43. The number of carboxylic acid groups (broad SMARTS) is 1. The fraction of sp³-hybridized carbons (Fsp3) is 0.636. The number of carboxylic acids is 1. The van der Waals surface area contributed by atoms with Gasteiger partial charge in [-0.1, -0.05) is 24.4 Å². The molecule has 1 aromatic rings. The van der Waals surface area contributed by atoms with Gasteiger partial charge in [-0.15, -0.1) is 0 Å². The number of likely N-dealkylation sites (tertiary alicyclic amines) is 2. The van der Waals surface area contributed by atoms with E-state index in [1.54, 1.807) is 12.1 Å². The maximum atomic E-state index is 12.7. The lowest BCUT2D eigenvalue weighted by Crippen LogP contribution is -2.51. The summed E-state index contributed by atoms with van der Waals surface area (Å²) in [7, 11) is -1.37. The molecule has 2 heterocycles. The monoisotopic (exact) mass is 480 g/mol. The highest BCUT2D eigenvalue weighted by atomic mass is 35.5. The molecule has 2 bridgehead atoms. The van der Waals surface area contributed by atoms with Crippen LogP contribution in [0.4, 0.5) is 10.5 Å². The zero-order chi connectivity index (χ0) is 24.2. The number of hydrogen-bond acceptors (Lipinski definition) is 6. The van der Waals surface area contributed by atoms with Gasteiger partial charge in [0.05, 0.1) is 0 Å². The van der Waals surface area contributed by atoms with Crippen molar-refractivity contribution in [3.8, 4) is 0 Å². The van der Waals surface area contributed by atoms with Crippen molar-refractivity contribution in [2.45, 2.75) is 69.4 Å². The second-order valence-electron chi connectivity index (χ2n) is 9.38. The number of nitrogens with zero attached hydrogens (tertiary/aromatic N) is 2. The summed E-state index contributed by atoms with van der Waals surface area (Å²) in [4.78, 5) is 28.7. The van der Waals surface area contributed by atoms with Gasteiger partial charge in [0, 0.05) is 35.9 Å². The lowest BCUT2D eigenvalue weighted by atomic mass is 9.81. The van der Waals surface area contributed by atoms with E-state index in [9.17, 15) is 14.7 Å². The van der Waals surface area contributed by atoms with E-state index in [1.807, 2.05) is 17.9 Å². The van der Waals surface area contributed by atoms with Crippen LogP contribution in [0.5, 0.6) is 0 Å². The third-order valence-corrected chi connectivity index (χ3v) is 7.28. The van der Waals surface area contributed by atoms with Crippen LogP contribution in [0.25, 0.3) is 0 Å². The number of carbonyl (C=O) groups excluding carboxylic acids is 1. The van der Waals surface area contributed by atoms with Crippen molar-refractivity contribution >= 4 is 36.4 Å². The number of halogens is 1. The Hall–Kier alpha value is -1.85. The molecule has 0 aromatic heterocycles. The molecule has 3 rings (SSSR count). The van der Waals surface area contributed by atoms with Gasteiger partial charge in [0.25, 0.3) is 0 Å². The third-order valence-electron chi connectivity index (χ3n) is 6.85. The predicted molar refractivity (Wildman–Crippen MR) is 128 cm³/mol. The maximum Gasteiger partial charge on any atom is 0.451 e. The molecule has 0 spiro atoms. The number of urea groups is 1. The van der Waals surface area contributed by atoms with Gasteiger partial charge < -0.3 is 31.1 Å². The van der Waals surface area contributed by atoms with Crippen LogP contribution in [0.15, 0.2) is 18.2 Å². The average Bonchev–Trinajstić information content (AvgIpc) is 3.34. The number of piperazine rings is 1. The number of nitrogens with two attached hydrogens (primary N) is 1. The second-order valence-corrected chi connectivity index (χ2v) is 9.78. The molecule has 11 heteroatoms. The first kappa shape index (κ1) is 25.8. The Morgan fingerprint density at radius 2 is 1.94 bits per heavy atom. The zero-order valence-corrected chi connectivity index (χ0v) is 19.8. The van der Waals surface area contributed by atoms with Crippen LogP contribution >= 0.6 is 11.6 Å². The van der Waals surface area contributed by atoms with Gasteiger partial charge in [-0.3, -0.25) is 9.69 Å². The van der Waals surface area contributed by atoms with Gasteiger partial charge in [0.1, 0.15) is 5.54 Å². The lowest BCUT2D eigenvalue weighted by Gasteiger charge is -2.35. The fourth-order valence-electron chi connectivity index (χ4n) is 4.89. The normalized spacial score (nSPS) is 21.8. The number of aryl methyl sites for hydroxylation is 1. The maximum absolute atomic E-state index is 12.7. The van der Waals surface area contributed by atoms with E-state index in [4.69, 9.17) is 27.4 Å². The van der Waals surface area contributed by atoms with Crippen LogP contribution in [0.2, 0.25) is 11.3 Å². The largest absolute Gasteiger partial charge is 0.480 e. The van der Waals surface area contributed by atoms with E-state index in [-0.39, 0.29) is 24.4 Å².